The van der Waals surface area contributed by atoms with Crippen molar-refractivity contribution in [3.63, 3.8) is 0 Å². The van der Waals surface area contributed by atoms with E-state index in [1.807, 2.05) is 6.92 Å². The average Bonchev–Trinajstić information content (AvgIpc) is 2.38. The molecule has 1 rings (SSSR count). The van der Waals surface area contributed by atoms with Gasteiger partial charge in [-0.05, 0) is 33.1 Å². The third-order valence-electron chi connectivity index (χ3n) is 3.57. The summed E-state index contributed by atoms with van der Waals surface area (Å²) in [6, 6.07) is 0.275. The highest BCUT2D eigenvalue weighted by Crippen LogP contribution is 2.35. The number of rotatable bonds is 4. The minimum Gasteiger partial charge on any atom is -0.375 e. The largest absolute Gasteiger partial charge is 0.375 e. The standard InChI is InChI=1S/C12H24N2O/c1-7(2)6-11(14-13)12-8(3)9(4)15-10(12)5/h8-12,14H,1,6,13H2,2-5H3. The third kappa shape index (κ3) is 2.80. The minimum atomic E-state index is 0.274. The highest BCUT2D eigenvalue weighted by molar-refractivity contribution is 4.99. The zero-order chi connectivity index (χ0) is 11.6. The number of hydrazine groups is 1. The molecule has 0 aliphatic carbocycles. The van der Waals surface area contributed by atoms with Gasteiger partial charge >= 0.3 is 0 Å². The summed E-state index contributed by atoms with van der Waals surface area (Å²) in [7, 11) is 0. The highest BCUT2D eigenvalue weighted by atomic mass is 16.5. The van der Waals surface area contributed by atoms with Gasteiger partial charge in [0.25, 0.3) is 0 Å². The Hall–Kier alpha value is -0.380. The molecular formula is C12H24N2O. The first kappa shape index (κ1) is 12.7. The van der Waals surface area contributed by atoms with Crippen molar-refractivity contribution in [3.05, 3.63) is 12.2 Å². The van der Waals surface area contributed by atoms with Gasteiger partial charge in [0.2, 0.25) is 0 Å². The van der Waals surface area contributed by atoms with Gasteiger partial charge in [0.15, 0.2) is 0 Å². The van der Waals surface area contributed by atoms with Crippen LogP contribution in [0.15, 0.2) is 12.2 Å². The second kappa shape index (κ2) is 5.10. The highest BCUT2D eigenvalue weighted by Gasteiger charge is 2.41. The molecule has 0 spiro atoms. The molecule has 88 valence electrons. The summed E-state index contributed by atoms with van der Waals surface area (Å²) >= 11 is 0. The Morgan fingerprint density at radius 2 is 2.00 bits per heavy atom. The molecule has 5 atom stereocenters. The maximum absolute atomic E-state index is 5.83. The van der Waals surface area contributed by atoms with Gasteiger partial charge in [0.05, 0.1) is 12.2 Å². The molecule has 0 radical (unpaired) electrons. The maximum atomic E-state index is 5.83. The molecule has 0 aromatic carbocycles. The number of ether oxygens (including phenoxy) is 1. The molecule has 3 N–H and O–H groups in total. The van der Waals surface area contributed by atoms with Crippen LogP contribution in [0.4, 0.5) is 0 Å². The van der Waals surface area contributed by atoms with Crippen LogP contribution in [0.2, 0.25) is 0 Å². The molecule has 0 amide bonds. The summed E-state index contributed by atoms with van der Waals surface area (Å²) < 4.78 is 5.83. The fourth-order valence-corrected chi connectivity index (χ4v) is 2.67. The van der Waals surface area contributed by atoms with Crippen LogP contribution < -0.4 is 11.3 Å². The molecule has 1 saturated heterocycles. The first-order chi connectivity index (χ1) is 6.97. The van der Waals surface area contributed by atoms with E-state index in [9.17, 15) is 0 Å². The van der Waals surface area contributed by atoms with Crippen molar-refractivity contribution >= 4 is 0 Å². The number of hydrogen-bond donors (Lipinski definition) is 2. The van der Waals surface area contributed by atoms with E-state index in [-0.39, 0.29) is 12.1 Å². The van der Waals surface area contributed by atoms with E-state index in [1.165, 1.54) is 0 Å². The van der Waals surface area contributed by atoms with Crippen LogP contribution in [0.5, 0.6) is 0 Å². The molecule has 5 unspecified atom stereocenters. The van der Waals surface area contributed by atoms with E-state index in [0.717, 1.165) is 12.0 Å². The minimum absolute atomic E-state index is 0.274. The molecule has 0 aromatic heterocycles. The lowest BCUT2D eigenvalue weighted by Crippen LogP contribution is -2.45. The summed E-state index contributed by atoms with van der Waals surface area (Å²) in [6.45, 7) is 12.5. The zero-order valence-corrected chi connectivity index (χ0v) is 10.3. The van der Waals surface area contributed by atoms with Gasteiger partial charge in [0, 0.05) is 12.0 Å². The molecule has 1 heterocycles. The van der Waals surface area contributed by atoms with Crippen LogP contribution in [0, 0.1) is 11.8 Å². The van der Waals surface area contributed by atoms with Gasteiger partial charge in [-0.2, -0.15) is 0 Å². The molecule has 15 heavy (non-hydrogen) atoms. The second-order valence-electron chi connectivity index (χ2n) is 4.92. The summed E-state index contributed by atoms with van der Waals surface area (Å²) in [5.74, 6) is 6.64. The van der Waals surface area contributed by atoms with Crippen molar-refractivity contribution in [1.82, 2.24) is 5.43 Å². The molecule has 0 saturated carbocycles. The zero-order valence-electron chi connectivity index (χ0n) is 10.3. The van der Waals surface area contributed by atoms with E-state index in [1.54, 1.807) is 0 Å². The summed E-state index contributed by atoms with van der Waals surface area (Å²) in [5, 5.41) is 0. The van der Waals surface area contributed by atoms with Crippen LogP contribution in [0.1, 0.15) is 34.1 Å². The Morgan fingerprint density at radius 1 is 1.40 bits per heavy atom. The quantitative estimate of drug-likeness (QED) is 0.425. The smallest absolute Gasteiger partial charge is 0.0597 e. The lowest BCUT2D eigenvalue weighted by Gasteiger charge is -2.28. The Labute approximate surface area is 93.0 Å². The molecule has 1 aliphatic rings. The Balaban J connectivity index is 2.70. The molecule has 0 bridgehead atoms. The van der Waals surface area contributed by atoms with Crippen LogP contribution in [0.3, 0.4) is 0 Å². The van der Waals surface area contributed by atoms with Gasteiger partial charge in [-0.25, -0.2) is 0 Å². The lowest BCUT2D eigenvalue weighted by atomic mass is 9.81. The molecule has 0 aromatic rings. The van der Waals surface area contributed by atoms with E-state index in [0.29, 0.717) is 17.9 Å². The van der Waals surface area contributed by atoms with Crippen molar-refractivity contribution in [2.45, 2.75) is 52.4 Å². The number of nitrogens with one attached hydrogen (secondary N) is 1. The second-order valence-corrected chi connectivity index (χ2v) is 4.92. The van der Waals surface area contributed by atoms with Crippen LogP contribution in [0.25, 0.3) is 0 Å². The molecule has 3 heteroatoms. The Morgan fingerprint density at radius 3 is 2.33 bits per heavy atom. The molecule has 1 aliphatic heterocycles. The first-order valence-electron chi connectivity index (χ1n) is 5.73. The first-order valence-corrected chi connectivity index (χ1v) is 5.73. The van der Waals surface area contributed by atoms with Gasteiger partial charge < -0.3 is 4.74 Å². The van der Waals surface area contributed by atoms with Crippen molar-refractivity contribution in [2.75, 3.05) is 0 Å². The van der Waals surface area contributed by atoms with Crippen LogP contribution >= 0.6 is 0 Å². The lowest BCUT2D eigenvalue weighted by molar-refractivity contribution is 0.0476. The predicted octanol–water partition coefficient (Wildman–Crippen LogP) is 1.84. The fourth-order valence-electron chi connectivity index (χ4n) is 2.67. The third-order valence-corrected chi connectivity index (χ3v) is 3.57. The van der Waals surface area contributed by atoms with Gasteiger partial charge in [0.1, 0.15) is 0 Å². The summed E-state index contributed by atoms with van der Waals surface area (Å²) in [4.78, 5) is 0. The molecule has 1 fully saturated rings. The van der Waals surface area contributed by atoms with E-state index < -0.39 is 0 Å². The van der Waals surface area contributed by atoms with E-state index >= 15 is 0 Å². The van der Waals surface area contributed by atoms with E-state index in [2.05, 4.69) is 32.8 Å². The maximum Gasteiger partial charge on any atom is 0.0597 e. The van der Waals surface area contributed by atoms with Gasteiger partial charge in [-0.1, -0.05) is 12.5 Å². The normalized spacial score (nSPS) is 37.9. The fraction of sp³-hybridized carbons (Fsp3) is 0.833. The predicted molar refractivity (Wildman–Crippen MR) is 63.2 cm³/mol. The van der Waals surface area contributed by atoms with Gasteiger partial charge in [-0.15, -0.1) is 6.58 Å². The summed E-state index contributed by atoms with van der Waals surface area (Å²) in [5.41, 5.74) is 4.08. The molecule has 3 nitrogen and oxygen atoms in total. The SMILES string of the molecule is C=C(C)CC(NN)C1C(C)OC(C)C1C. The monoisotopic (exact) mass is 212 g/mol. The van der Waals surface area contributed by atoms with Crippen LogP contribution in [-0.2, 0) is 4.74 Å². The number of hydrogen-bond acceptors (Lipinski definition) is 3. The van der Waals surface area contributed by atoms with Crippen molar-refractivity contribution in [1.29, 1.82) is 0 Å². The van der Waals surface area contributed by atoms with Gasteiger partial charge in [-0.3, -0.25) is 11.3 Å². The average molecular weight is 212 g/mol. The van der Waals surface area contributed by atoms with Crippen molar-refractivity contribution in [2.24, 2.45) is 17.7 Å². The Bertz CT molecular complexity index is 230. The van der Waals surface area contributed by atoms with E-state index in [4.69, 9.17) is 10.6 Å². The van der Waals surface area contributed by atoms with Crippen LogP contribution in [-0.4, -0.2) is 18.2 Å². The van der Waals surface area contributed by atoms with Crippen molar-refractivity contribution in [3.8, 4) is 0 Å². The molecular weight excluding hydrogens is 188 g/mol. The number of nitrogens with two attached hydrogens (primary N) is 1. The topological polar surface area (TPSA) is 47.3 Å². The van der Waals surface area contributed by atoms with Crippen molar-refractivity contribution < 1.29 is 4.74 Å². The summed E-state index contributed by atoms with van der Waals surface area (Å²) in [6.07, 6.45) is 1.52. The Kier molecular flexibility index (Phi) is 4.32.